The van der Waals surface area contributed by atoms with Crippen LogP contribution in [-0.2, 0) is 4.79 Å². The summed E-state index contributed by atoms with van der Waals surface area (Å²) in [5.41, 5.74) is 1.73. The first-order valence-corrected chi connectivity index (χ1v) is 7.07. The van der Waals surface area contributed by atoms with E-state index in [1.165, 1.54) is 6.08 Å². The predicted octanol–water partition coefficient (Wildman–Crippen LogP) is 3.22. The van der Waals surface area contributed by atoms with Crippen LogP contribution in [0.5, 0.6) is 5.75 Å². The number of methoxy groups -OCH3 is 1. The van der Waals surface area contributed by atoms with E-state index in [2.05, 4.69) is 10.6 Å². The molecule has 2 rings (SSSR count). The molecule has 0 heterocycles. The van der Waals surface area contributed by atoms with Gasteiger partial charge in [0.15, 0.2) is 5.11 Å². The Morgan fingerprint density at radius 3 is 2.41 bits per heavy atom. The molecule has 0 aliphatic carbocycles. The number of amides is 1. The average Bonchev–Trinajstić information content (AvgIpc) is 2.54. The van der Waals surface area contributed by atoms with Gasteiger partial charge in [-0.3, -0.25) is 10.1 Å². The van der Waals surface area contributed by atoms with Crippen molar-refractivity contribution in [3.05, 3.63) is 66.2 Å². The number of thiocarbonyl (C=S) groups is 1. The lowest BCUT2D eigenvalue weighted by Crippen LogP contribution is -2.32. The largest absolute Gasteiger partial charge is 0.497 e. The lowest BCUT2D eigenvalue weighted by Gasteiger charge is -2.08. The Morgan fingerprint density at radius 2 is 1.77 bits per heavy atom. The van der Waals surface area contributed by atoms with Crippen LogP contribution in [0.2, 0.25) is 0 Å². The second kappa shape index (κ2) is 7.95. The Balaban J connectivity index is 1.85. The van der Waals surface area contributed by atoms with Gasteiger partial charge in [0.05, 0.1) is 7.11 Å². The van der Waals surface area contributed by atoms with Crippen molar-refractivity contribution in [3.8, 4) is 5.75 Å². The van der Waals surface area contributed by atoms with Crippen LogP contribution in [0.25, 0.3) is 6.08 Å². The smallest absolute Gasteiger partial charge is 0.250 e. The molecule has 0 bridgehead atoms. The molecular weight excluding hydrogens is 296 g/mol. The summed E-state index contributed by atoms with van der Waals surface area (Å²) in [5, 5.41) is 5.77. The molecule has 0 radical (unpaired) electrons. The molecule has 0 spiro atoms. The highest BCUT2D eigenvalue weighted by molar-refractivity contribution is 7.80. The third-order valence-corrected chi connectivity index (χ3v) is 3.02. The van der Waals surface area contributed by atoms with Crippen LogP contribution in [0, 0.1) is 0 Å². The number of hydrogen-bond acceptors (Lipinski definition) is 3. The van der Waals surface area contributed by atoms with Gasteiger partial charge in [-0.05, 0) is 48.1 Å². The third kappa shape index (κ3) is 5.03. The minimum absolute atomic E-state index is 0.243. The van der Waals surface area contributed by atoms with Crippen LogP contribution in [0.3, 0.4) is 0 Å². The van der Waals surface area contributed by atoms with Gasteiger partial charge >= 0.3 is 0 Å². The van der Waals surface area contributed by atoms with Crippen LogP contribution < -0.4 is 15.4 Å². The fourth-order valence-electron chi connectivity index (χ4n) is 1.73. The number of carbonyl (C=O) groups excluding carboxylic acids is 1. The minimum atomic E-state index is -0.283. The van der Waals surface area contributed by atoms with Crippen LogP contribution in [0.1, 0.15) is 5.56 Å². The standard InChI is InChI=1S/C17H16N2O2S/c1-21-15-10-8-14(9-11-15)18-17(22)19-16(20)12-7-13-5-3-2-4-6-13/h2-12H,1H3,(H2,18,19,20,22). The molecule has 0 aliphatic rings. The molecule has 2 aromatic carbocycles. The highest BCUT2D eigenvalue weighted by atomic mass is 32.1. The van der Waals surface area contributed by atoms with Crippen molar-refractivity contribution in [3.63, 3.8) is 0 Å². The molecule has 0 saturated carbocycles. The Kier molecular flexibility index (Phi) is 5.68. The first-order chi connectivity index (χ1) is 10.7. The average molecular weight is 312 g/mol. The third-order valence-electron chi connectivity index (χ3n) is 2.81. The normalized spacial score (nSPS) is 10.2. The summed E-state index contributed by atoms with van der Waals surface area (Å²) in [4.78, 5) is 11.8. The Morgan fingerprint density at radius 1 is 1.09 bits per heavy atom. The molecule has 0 aromatic heterocycles. The molecule has 0 unspecified atom stereocenters. The molecule has 4 nitrogen and oxygen atoms in total. The van der Waals surface area contributed by atoms with Crippen molar-refractivity contribution in [1.82, 2.24) is 5.32 Å². The molecule has 112 valence electrons. The van der Waals surface area contributed by atoms with E-state index in [4.69, 9.17) is 17.0 Å². The van der Waals surface area contributed by atoms with Crippen molar-refractivity contribution in [1.29, 1.82) is 0 Å². The molecule has 22 heavy (non-hydrogen) atoms. The number of hydrogen-bond donors (Lipinski definition) is 2. The number of rotatable bonds is 4. The molecule has 0 aliphatic heterocycles. The zero-order chi connectivity index (χ0) is 15.8. The Bertz CT molecular complexity index is 667. The fraction of sp³-hybridized carbons (Fsp3) is 0.0588. The summed E-state index contributed by atoms with van der Waals surface area (Å²) in [6.45, 7) is 0. The second-order valence-corrected chi connectivity index (χ2v) is 4.82. The van der Waals surface area contributed by atoms with Crippen LogP contribution in [0.4, 0.5) is 5.69 Å². The van der Waals surface area contributed by atoms with Crippen molar-refractivity contribution in [2.24, 2.45) is 0 Å². The van der Waals surface area contributed by atoms with Gasteiger partial charge < -0.3 is 10.1 Å². The minimum Gasteiger partial charge on any atom is -0.497 e. The van der Waals surface area contributed by atoms with E-state index in [9.17, 15) is 4.79 Å². The number of anilines is 1. The van der Waals surface area contributed by atoms with E-state index in [-0.39, 0.29) is 11.0 Å². The molecule has 5 heteroatoms. The van der Waals surface area contributed by atoms with Crippen molar-refractivity contribution in [2.75, 3.05) is 12.4 Å². The van der Waals surface area contributed by atoms with Gasteiger partial charge in [-0.2, -0.15) is 0 Å². The highest BCUT2D eigenvalue weighted by Gasteiger charge is 2.01. The van der Waals surface area contributed by atoms with Crippen LogP contribution >= 0.6 is 12.2 Å². The monoisotopic (exact) mass is 312 g/mol. The van der Waals surface area contributed by atoms with E-state index in [1.807, 2.05) is 54.6 Å². The topological polar surface area (TPSA) is 50.4 Å². The summed E-state index contributed by atoms with van der Waals surface area (Å²) < 4.78 is 5.07. The van der Waals surface area contributed by atoms with E-state index in [0.29, 0.717) is 0 Å². The first kappa shape index (κ1) is 15.7. The summed E-state index contributed by atoms with van der Waals surface area (Å²) in [6.07, 6.45) is 3.17. The van der Waals surface area contributed by atoms with E-state index in [1.54, 1.807) is 13.2 Å². The van der Waals surface area contributed by atoms with E-state index in [0.717, 1.165) is 17.0 Å². The van der Waals surface area contributed by atoms with Crippen molar-refractivity contribution in [2.45, 2.75) is 0 Å². The number of ether oxygens (including phenoxy) is 1. The van der Waals surface area contributed by atoms with Gasteiger partial charge in [-0.1, -0.05) is 30.3 Å². The van der Waals surface area contributed by atoms with Gasteiger partial charge in [0.1, 0.15) is 5.75 Å². The Labute approximate surface area is 134 Å². The maximum atomic E-state index is 11.8. The van der Waals surface area contributed by atoms with Crippen LogP contribution in [0.15, 0.2) is 60.7 Å². The van der Waals surface area contributed by atoms with E-state index >= 15 is 0 Å². The van der Waals surface area contributed by atoms with Gasteiger partial charge in [-0.15, -0.1) is 0 Å². The summed E-state index contributed by atoms with van der Waals surface area (Å²) in [7, 11) is 1.60. The quantitative estimate of drug-likeness (QED) is 0.672. The lowest BCUT2D eigenvalue weighted by molar-refractivity contribution is -0.115. The molecule has 1 amide bonds. The SMILES string of the molecule is COc1ccc(NC(=S)NC(=O)C=Cc2ccccc2)cc1. The zero-order valence-corrected chi connectivity index (χ0v) is 12.9. The van der Waals surface area contributed by atoms with Crippen molar-refractivity contribution >= 4 is 35.0 Å². The van der Waals surface area contributed by atoms with Crippen LogP contribution in [-0.4, -0.2) is 18.1 Å². The van der Waals surface area contributed by atoms with E-state index < -0.39 is 0 Å². The molecular formula is C17H16N2O2S. The lowest BCUT2D eigenvalue weighted by atomic mass is 10.2. The molecule has 0 atom stereocenters. The maximum absolute atomic E-state index is 11.8. The molecule has 2 N–H and O–H groups in total. The van der Waals surface area contributed by atoms with Gasteiger partial charge in [-0.25, -0.2) is 0 Å². The molecule has 0 saturated heterocycles. The highest BCUT2D eigenvalue weighted by Crippen LogP contribution is 2.14. The van der Waals surface area contributed by atoms with Gasteiger partial charge in [0.25, 0.3) is 0 Å². The fourth-order valence-corrected chi connectivity index (χ4v) is 1.94. The van der Waals surface area contributed by atoms with Gasteiger partial charge in [0.2, 0.25) is 5.91 Å². The maximum Gasteiger partial charge on any atom is 0.250 e. The Hall–Kier alpha value is -2.66. The number of benzene rings is 2. The summed E-state index contributed by atoms with van der Waals surface area (Å²) >= 11 is 5.10. The number of nitrogens with one attached hydrogen (secondary N) is 2. The summed E-state index contributed by atoms with van der Waals surface area (Å²) in [6, 6.07) is 16.8. The van der Waals surface area contributed by atoms with Crippen molar-refractivity contribution < 1.29 is 9.53 Å². The second-order valence-electron chi connectivity index (χ2n) is 4.42. The number of carbonyl (C=O) groups is 1. The van der Waals surface area contributed by atoms with Gasteiger partial charge in [0, 0.05) is 11.8 Å². The molecule has 2 aromatic rings. The first-order valence-electron chi connectivity index (χ1n) is 6.66. The zero-order valence-electron chi connectivity index (χ0n) is 12.1. The summed E-state index contributed by atoms with van der Waals surface area (Å²) in [5.74, 6) is 0.473. The molecule has 0 fully saturated rings. The predicted molar refractivity (Wildman–Crippen MR) is 92.8 cm³/mol.